The Kier molecular flexibility index (Phi) is 4.13. The van der Waals surface area contributed by atoms with Crippen LogP contribution in [0.1, 0.15) is 25.3 Å². The van der Waals surface area contributed by atoms with E-state index in [9.17, 15) is 0 Å². The largest absolute Gasteiger partial charge is 0.351 e. The minimum Gasteiger partial charge on any atom is -0.351 e. The van der Waals surface area contributed by atoms with Crippen LogP contribution in [0, 0.1) is 0 Å². The highest BCUT2D eigenvalue weighted by Crippen LogP contribution is 2.28. The number of fused-ring (bicyclic) bond motifs is 1. The Morgan fingerprint density at radius 2 is 2.00 bits per heavy atom. The van der Waals surface area contributed by atoms with Crippen LogP contribution in [0.5, 0.6) is 0 Å². The lowest BCUT2D eigenvalue weighted by Crippen LogP contribution is -2.35. The van der Waals surface area contributed by atoms with Crippen molar-refractivity contribution in [1.29, 1.82) is 0 Å². The maximum atomic E-state index is 4.81. The second kappa shape index (κ2) is 6.57. The summed E-state index contributed by atoms with van der Waals surface area (Å²) in [5.74, 6) is 0.696. The van der Waals surface area contributed by atoms with Crippen molar-refractivity contribution in [1.82, 2.24) is 25.5 Å². The fourth-order valence-electron chi connectivity index (χ4n) is 3.23. The maximum Gasteiger partial charge on any atom is 0.223 e. The highest BCUT2D eigenvalue weighted by Gasteiger charge is 2.17. The van der Waals surface area contributed by atoms with E-state index in [0.29, 0.717) is 12.0 Å². The summed E-state index contributed by atoms with van der Waals surface area (Å²) in [6.45, 7) is 4.21. The van der Waals surface area contributed by atoms with Crippen LogP contribution in [0.2, 0.25) is 0 Å². The summed E-state index contributed by atoms with van der Waals surface area (Å²) in [5, 5.41) is 15.6. The van der Waals surface area contributed by atoms with E-state index in [0.717, 1.165) is 60.2 Å². The van der Waals surface area contributed by atoms with Gasteiger partial charge in [-0.25, -0.2) is 9.97 Å². The van der Waals surface area contributed by atoms with Crippen molar-refractivity contribution in [3.05, 3.63) is 36.0 Å². The van der Waals surface area contributed by atoms with Crippen molar-refractivity contribution < 1.29 is 0 Å². The van der Waals surface area contributed by atoms with E-state index in [1.807, 2.05) is 24.4 Å². The van der Waals surface area contributed by atoms with Crippen LogP contribution >= 0.6 is 0 Å². The van der Waals surface area contributed by atoms with Gasteiger partial charge in [0.05, 0.1) is 11.2 Å². The number of rotatable bonds is 4. The third-order valence-electron chi connectivity index (χ3n) is 4.61. The highest BCUT2D eigenvalue weighted by molar-refractivity contribution is 5.92. The Bertz CT molecular complexity index is 834. The molecule has 6 nitrogen and oxygen atoms in total. The lowest BCUT2D eigenvalue weighted by Gasteiger charge is -2.23. The predicted octanol–water partition coefficient (Wildman–Crippen LogP) is 2.75. The van der Waals surface area contributed by atoms with Crippen molar-refractivity contribution in [2.45, 2.75) is 32.2 Å². The zero-order valence-corrected chi connectivity index (χ0v) is 13.8. The predicted molar refractivity (Wildman–Crippen MR) is 96.0 cm³/mol. The average Bonchev–Trinajstić information content (AvgIpc) is 3.06. The average molecular weight is 322 g/mol. The highest BCUT2D eigenvalue weighted by atomic mass is 15.2. The van der Waals surface area contributed by atoms with Gasteiger partial charge in [0.1, 0.15) is 5.69 Å². The summed E-state index contributed by atoms with van der Waals surface area (Å²) in [6, 6.07) is 8.59. The minimum absolute atomic E-state index is 0.433. The number of nitrogens with one attached hydrogen (secondary N) is 3. The van der Waals surface area contributed by atoms with E-state index in [2.05, 4.69) is 38.8 Å². The maximum absolute atomic E-state index is 4.81. The third kappa shape index (κ3) is 2.85. The molecule has 0 bridgehead atoms. The standard InChI is InChI=1S/C18H22N6/c1-2-12-11-20-18(21-13-7-9-19-10-8-13)22-16(12)17-14-5-3-4-6-15(14)23-24-17/h3-6,11,13,19H,2,7-10H2,1H3,(H,23,24)(H,20,21,22). The summed E-state index contributed by atoms with van der Waals surface area (Å²) in [4.78, 5) is 9.32. The molecule has 1 aromatic carbocycles. The minimum atomic E-state index is 0.433. The molecule has 2 aromatic heterocycles. The molecule has 0 unspecified atom stereocenters. The van der Waals surface area contributed by atoms with Gasteiger partial charge in [0.2, 0.25) is 5.95 Å². The van der Waals surface area contributed by atoms with Crippen molar-refractivity contribution in [3.8, 4) is 11.4 Å². The summed E-state index contributed by atoms with van der Waals surface area (Å²) in [7, 11) is 0. The Balaban J connectivity index is 1.71. The first-order valence-electron chi connectivity index (χ1n) is 8.62. The summed E-state index contributed by atoms with van der Waals surface area (Å²) < 4.78 is 0. The van der Waals surface area contributed by atoms with Gasteiger partial charge in [-0.15, -0.1) is 0 Å². The van der Waals surface area contributed by atoms with Gasteiger partial charge in [0.25, 0.3) is 0 Å². The number of anilines is 1. The number of benzene rings is 1. The van der Waals surface area contributed by atoms with Gasteiger partial charge in [0.15, 0.2) is 0 Å². The zero-order chi connectivity index (χ0) is 16.4. The molecule has 0 aliphatic carbocycles. The molecule has 24 heavy (non-hydrogen) atoms. The van der Waals surface area contributed by atoms with Gasteiger partial charge in [-0.3, -0.25) is 5.10 Å². The smallest absolute Gasteiger partial charge is 0.223 e. The number of hydrogen-bond acceptors (Lipinski definition) is 5. The Morgan fingerprint density at radius 3 is 2.83 bits per heavy atom. The van der Waals surface area contributed by atoms with E-state index < -0.39 is 0 Å². The summed E-state index contributed by atoms with van der Waals surface area (Å²) >= 11 is 0. The first-order chi connectivity index (χ1) is 11.8. The van der Waals surface area contributed by atoms with Gasteiger partial charge in [-0.05, 0) is 44.0 Å². The molecule has 0 atom stereocenters. The fourth-order valence-corrected chi connectivity index (χ4v) is 3.23. The number of hydrogen-bond donors (Lipinski definition) is 3. The lowest BCUT2D eigenvalue weighted by atomic mass is 10.1. The molecule has 3 heterocycles. The molecular formula is C18H22N6. The van der Waals surface area contributed by atoms with Crippen LogP contribution in [0.3, 0.4) is 0 Å². The van der Waals surface area contributed by atoms with Gasteiger partial charge in [-0.1, -0.05) is 25.1 Å². The van der Waals surface area contributed by atoms with E-state index in [1.54, 1.807) is 0 Å². The van der Waals surface area contributed by atoms with Crippen LogP contribution in [-0.4, -0.2) is 39.3 Å². The molecule has 1 aliphatic heterocycles. The number of aromatic nitrogens is 4. The van der Waals surface area contributed by atoms with Gasteiger partial charge >= 0.3 is 0 Å². The summed E-state index contributed by atoms with van der Waals surface area (Å²) in [6.07, 6.45) is 5.00. The molecule has 1 saturated heterocycles. The molecule has 0 spiro atoms. The SMILES string of the molecule is CCc1cnc(NC2CCNCC2)nc1-c1n[nH]c2ccccc12. The molecule has 0 amide bonds. The number of piperidine rings is 1. The Labute approximate surface area is 141 Å². The quantitative estimate of drug-likeness (QED) is 0.688. The first-order valence-corrected chi connectivity index (χ1v) is 8.62. The van der Waals surface area contributed by atoms with Gasteiger partial charge < -0.3 is 10.6 Å². The Morgan fingerprint density at radius 1 is 1.17 bits per heavy atom. The van der Waals surface area contributed by atoms with Crippen molar-refractivity contribution in [3.63, 3.8) is 0 Å². The molecule has 1 aliphatic rings. The van der Waals surface area contributed by atoms with Crippen LogP contribution < -0.4 is 10.6 Å². The van der Waals surface area contributed by atoms with E-state index in [-0.39, 0.29) is 0 Å². The number of nitrogens with zero attached hydrogens (tertiary/aromatic N) is 3. The molecule has 3 aromatic rings. The van der Waals surface area contributed by atoms with Crippen molar-refractivity contribution >= 4 is 16.9 Å². The molecule has 6 heteroatoms. The van der Waals surface area contributed by atoms with Crippen LogP contribution in [-0.2, 0) is 6.42 Å². The van der Waals surface area contributed by atoms with Crippen molar-refractivity contribution in [2.75, 3.05) is 18.4 Å². The first kappa shape index (κ1) is 15.1. The molecular weight excluding hydrogens is 300 g/mol. The van der Waals surface area contributed by atoms with Crippen LogP contribution in [0.4, 0.5) is 5.95 Å². The van der Waals surface area contributed by atoms with Crippen LogP contribution in [0.25, 0.3) is 22.3 Å². The van der Waals surface area contributed by atoms with E-state index in [1.165, 1.54) is 0 Å². The normalized spacial score (nSPS) is 15.7. The third-order valence-corrected chi connectivity index (χ3v) is 4.61. The molecule has 0 radical (unpaired) electrons. The monoisotopic (exact) mass is 322 g/mol. The van der Waals surface area contributed by atoms with E-state index in [4.69, 9.17) is 4.98 Å². The molecule has 1 fully saturated rings. The zero-order valence-electron chi connectivity index (χ0n) is 13.8. The number of para-hydroxylation sites is 1. The summed E-state index contributed by atoms with van der Waals surface area (Å²) in [5.41, 5.74) is 3.96. The number of H-pyrrole nitrogens is 1. The molecule has 3 N–H and O–H groups in total. The van der Waals surface area contributed by atoms with Crippen molar-refractivity contribution in [2.24, 2.45) is 0 Å². The second-order valence-electron chi connectivity index (χ2n) is 6.21. The lowest BCUT2D eigenvalue weighted by molar-refractivity contribution is 0.477. The van der Waals surface area contributed by atoms with Gasteiger partial charge in [0, 0.05) is 17.6 Å². The number of aromatic amines is 1. The van der Waals surface area contributed by atoms with Crippen LogP contribution in [0.15, 0.2) is 30.5 Å². The molecule has 124 valence electrons. The topological polar surface area (TPSA) is 78.5 Å². The van der Waals surface area contributed by atoms with Gasteiger partial charge in [-0.2, -0.15) is 5.10 Å². The Hall–Kier alpha value is -2.47. The second-order valence-corrected chi connectivity index (χ2v) is 6.21. The molecule has 0 saturated carbocycles. The van der Waals surface area contributed by atoms with E-state index >= 15 is 0 Å². The number of aryl methyl sites for hydroxylation is 1. The fraction of sp³-hybridized carbons (Fsp3) is 0.389. The molecule has 4 rings (SSSR count).